The van der Waals surface area contributed by atoms with Gasteiger partial charge < -0.3 is 15.1 Å². The molecule has 1 aliphatic heterocycles. The van der Waals surface area contributed by atoms with E-state index in [9.17, 15) is 4.79 Å². The fourth-order valence-corrected chi connectivity index (χ4v) is 3.50. The molecule has 134 valence electrons. The second-order valence-electron chi connectivity index (χ2n) is 6.73. The summed E-state index contributed by atoms with van der Waals surface area (Å²) in [4.78, 5) is 17.1. The molecule has 1 aromatic heterocycles. The van der Waals surface area contributed by atoms with Crippen LogP contribution in [0.2, 0.25) is 0 Å². The number of amides is 1. The lowest BCUT2D eigenvalue weighted by Crippen LogP contribution is -2.36. The first kappa shape index (κ1) is 17.7. The van der Waals surface area contributed by atoms with Crippen molar-refractivity contribution in [2.45, 2.75) is 26.4 Å². The number of carbonyl (C=O) groups excluding carboxylic acids is 1. The van der Waals surface area contributed by atoms with Crippen LogP contribution in [0.5, 0.6) is 0 Å². The molecule has 1 unspecified atom stereocenters. The Hall–Kier alpha value is -2.11. The second-order valence-corrected chi connectivity index (χ2v) is 6.73. The number of rotatable bonds is 7. The van der Waals surface area contributed by atoms with Gasteiger partial charge in [-0.2, -0.15) is 0 Å². The molecule has 0 saturated carbocycles. The SMILES string of the molecule is CCN(CC1CCN(Cc2ccccc2)C1)C(=O)c1coc(CN)c1. The van der Waals surface area contributed by atoms with Gasteiger partial charge in [0.1, 0.15) is 12.0 Å². The van der Waals surface area contributed by atoms with Gasteiger partial charge in [0.2, 0.25) is 0 Å². The topological polar surface area (TPSA) is 62.7 Å². The van der Waals surface area contributed by atoms with E-state index in [-0.39, 0.29) is 5.91 Å². The number of carbonyl (C=O) groups is 1. The highest BCUT2D eigenvalue weighted by molar-refractivity contribution is 5.94. The molecule has 1 amide bonds. The summed E-state index contributed by atoms with van der Waals surface area (Å²) in [5.74, 6) is 1.20. The third-order valence-electron chi connectivity index (χ3n) is 4.87. The zero-order valence-corrected chi connectivity index (χ0v) is 14.9. The van der Waals surface area contributed by atoms with Crippen molar-refractivity contribution in [3.63, 3.8) is 0 Å². The van der Waals surface area contributed by atoms with E-state index in [1.807, 2.05) is 17.9 Å². The highest BCUT2D eigenvalue weighted by Gasteiger charge is 2.26. The minimum absolute atomic E-state index is 0.0347. The summed E-state index contributed by atoms with van der Waals surface area (Å²) >= 11 is 0. The van der Waals surface area contributed by atoms with Gasteiger partial charge in [0.15, 0.2) is 0 Å². The van der Waals surface area contributed by atoms with Crippen molar-refractivity contribution in [2.75, 3.05) is 26.2 Å². The van der Waals surface area contributed by atoms with Gasteiger partial charge in [0, 0.05) is 26.2 Å². The van der Waals surface area contributed by atoms with Crippen molar-refractivity contribution < 1.29 is 9.21 Å². The van der Waals surface area contributed by atoms with Crippen LogP contribution in [0.4, 0.5) is 0 Å². The molecule has 2 aromatic rings. The average Bonchev–Trinajstić information content (AvgIpc) is 3.29. The number of benzene rings is 1. The molecule has 0 bridgehead atoms. The zero-order valence-electron chi connectivity index (χ0n) is 14.9. The van der Waals surface area contributed by atoms with Crippen LogP contribution in [0, 0.1) is 5.92 Å². The lowest BCUT2D eigenvalue weighted by molar-refractivity contribution is 0.0738. The van der Waals surface area contributed by atoms with Gasteiger partial charge in [-0.05, 0) is 37.4 Å². The van der Waals surface area contributed by atoms with Gasteiger partial charge in [0.05, 0.1) is 12.1 Å². The maximum Gasteiger partial charge on any atom is 0.257 e. The van der Waals surface area contributed by atoms with Crippen molar-refractivity contribution in [1.29, 1.82) is 0 Å². The quantitative estimate of drug-likeness (QED) is 0.841. The number of furan rings is 1. The molecule has 1 aromatic carbocycles. The largest absolute Gasteiger partial charge is 0.467 e. The van der Waals surface area contributed by atoms with Crippen LogP contribution in [-0.2, 0) is 13.1 Å². The molecule has 5 nitrogen and oxygen atoms in total. The Kier molecular flexibility index (Phi) is 5.89. The standard InChI is InChI=1S/C20H27N3O2/c1-2-23(20(24)18-10-19(11-21)25-15-18)14-17-8-9-22(13-17)12-16-6-4-3-5-7-16/h3-7,10,15,17H,2,8-9,11-14,21H2,1H3. The summed E-state index contributed by atoms with van der Waals surface area (Å²) in [5.41, 5.74) is 7.50. The van der Waals surface area contributed by atoms with Gasteiger partial charge in [0.25, 0.3) is 5.91 Å². The number of hydrogen-bond donors (Lipinski definition) is 1. The predicted octanol–water partition coefficient (Wildman–Crippen LogP) is 2.72. The average molecular weight is 341 g/mol. The van der Waals surface area contributed by atoms with Crippen LogP contribution in [0.15, 0.2) is 47.1 Å². The zero-order chi connectivity index (χ0) is 17.6. The Labute approximate surface area is 149 Å². The monoisotopic (exact) mass is 341 g/mol. The molecule has 1 saturated heterocycles. The molecule has 3 rings (SSSR count). The maximum absolute atomic E-state index is 12.7. The van der Waals surface area contributed by atoms with Gasteiger partial charge in [-0.25, -0.2) is 0 Å². The summed E-state index contributed by atoms with van der Waals surface area (Å²) in [7, 11) is 0. The number of likely N-dealkylation sites (tertiary alicyclic amines) is 1. The predicted molar refractivity (Wildman–Crippen MR) is 98.0 cm³/mol. The van der Waals surface area contributed by atoms with Crippen molar-refractivity contribution in [3.05, 3.63) is 59.5 Å². The van der Waals surface area contributed by atoms with Crippen LogP contribution < -0.4 is 5.73 Å². The van der Waals surface area contributed by atoms with E-state index in [4.69, 9.17) is 10.2 Å². The number of nitrogens with zero attached hydrogens (tertiary/aromatic N) is 2. The van der Waals surface area contributed by atoms with E-state index in [1.165, 1.54) is 11.8 Å². The van der Waals surface area contributed by atoms with Crippen molar-refractivity contribution in [3.8, 4) is 0 Å². The van der Waals surface area contributed by atoms with Crippen molar-refractivity contribution in [1.82, 2.24) is 9.80 Å². The third-order valence-corrected chi connectivity index (χ3v) is 4.87. The summed E-state index contributed by atoms with van der Waals surface area (Å²) in [6.07, 6.45) is 2.65. The van der Waals surface area contributed by atoms with Crippen LogP contribution >= 0.6 is 0 Å². The fraction of sp³-hybridized carbons (Fsp3) is 0.450. The molecule has 2 heterocycles. The minimum Gasteiger partial charge on any atom is -0.467 e. The van der Waals surface area contributed by atoms with E-state index < -0.39 is 0 Å². The van der Waals surface area contributed by atoms with Gasteiger partial charge >= 0.3 is 0 Å². The minimum atomic E-state index is 0.0347. The Balaban J connectivity index is 1.54. The van der Waals surface area contributed by atoms with E-state index in [0.717, 1.165) is 32.6 Å². The Morgan fingerprint density at radius 3 is 2.84 bits per heavy atom. The Bertz CT molecular complexity index is 683. The lowest BCUT2D eigenvalue weighted by Gasteiger charge is -2.24. The molecule has 1 atom stereocenters. The molecule has 0 radical (unpaired) electrons. The molecule has 1 aliphatic rings. The van der Waals surface area contributed by atoms with Gasteiger partial charge in [-0.3, -0.25) is 9.69 Å². The van der Waals surface area contributed by atoms with Crippen LogP contribution in [0.1, 0.15) is 35.0 Å². The highest BCUT2D eigenvalue weighted by Crippen LogP contribution is 2.21. The molecule has 5 heteroatoms. The van der Waals surface area contributed by atoms with Gasteiger partial charge in [-0.15, -0.1) is 0 Å². The van der Waals surface area contributed by atoms with Crippen molar-refractivity contribution >= 4 is 5.91 Å². The summed E-state index contributed by atoms with van der Waals surface area (Å²) in [6.45, 7) is 6.96. The molecule has 2 N–H and O–H groups in total. The molecule has 0 aliphatic carbocycles. The summed E-state index contributed by atoms with van der Waals surface area (Å²) in [5, 5.41) is 0. The summed E-state index contributed by atoms with van der Waals surface area (Å²) in [6, 6.07) is 12.3. The first-order chi connectivity index (χ1) is 12.2. The molecular weight excluding hydrogens is 314 g/mol. The lowest BCUT2D eigenvalue weighted by atomic mass is 10.1. The Morgan fingerprint density at radius 2 is 2.16 bits per heavy atom. The first-order valence-corrected chi connectivity index (χ1v) is 9.02. The smallest absolute Gasteiger partial charge is 0.257 e. The van der Waals surface area contributed by atoms with Crippen LogP contribution in [-0.4, -0.2) is 41.9 Å². The molecule has 25 heavy (non-hydrogen) atoms. The maximum atomic E-state index is 12.7. The molecular formula is C20H27N3O2. The highest BCUT2D eigenvalue weighted by atomic mass is 16.3. The van der Waals surface area contributed by atoms with E-state index in [1.54, 1.807) is 6.07 Å². The van der Waals surface area contributed by atoms with Crippen LogP contribution in [0.3, 0.4) is 0 Å². The normalized spacial score (nSPS) is 17.8. The van der Waals surface area contributed by atoms with E-state index in [0.29, 0.717) is 30.3 Å². The van der Waals surface area contributed by atoms with Crippen molar-refractivity contribution in [2.24, 2.45) is 11.7 Å². The van der Waals surface area contributed by atoms with Crippen LogP contribution in [0.25, 0.3) is 0 Å². The molecule has 1 fully saturated rings. The second kappa shape index (κ2) is 8.32. The fourth-order valence-electron chi connectivity index (χ4n) is 3.50. The van der Waals surface area contributed by atoms with E-state index in [2.05, 4.69) is 29.2 Å². The van der Waals surface area contributed by atoms with E-state index >= 15 is 0 Å². The third kappa shape index (κ3) is 4.50. The van der Waals surface area contributed by atoms with Gasteiger partial charge in [-0.1, -0.05) is 30.3 Å². The summed E-state index contributed by atoms with van der Waals surface area (Å²) < 4.78 is 5.30. The molecule has 0 spiro atoms. The number of hydrogen-bond acceptors (Lipinski definition) is 4. The first-order valence-electron chi connectivity index (χ1n) is 9.02. The number of nitrogens with two attached hydrogens (primary N) is 1. The Morgan fingerprint density at radius 1 is 1.36 bits per heavy atom.